The molecule has 3 heteroatoms. The minimum atomic E-state index is 0.131. The molecule has 5 aromatic rings. The summed E-state index contributed by atoms with van der Waals surface area (Å²) < 4.78 is 5.95. The van der Waals surface area contributed by atoms with Gasteiger partial charge in [-0.15, -0.1) is 0 Å². The second-order valence-corrected chi connectivity index (χ2v) is 10.3. The fraction of sp³-hybridized carbons (Fsp3) is 0.154. The van der Waals surface area contributed by atoms with Crippen molar-refractivity contribution in [2.75, 3.05) is 0 Å². The number of hydrogen-bond acceptors (Lipinski definition) is 1. The Morgan fingerprint density at radius 3 is 2.03 bits per heavy atom. The molecule has 0 amide bonds. The quantitative estimate of drug-likeness (QED) is 0.195. The highest BCUT2D eigenvalue weighted by atomic mass is 79.9. The molecule has 5 rings (SSSR count). The van der Waals surface area contributed by atoms with Crippen LogP contribution in [0.25, 0.3) is 32.3 Å². The molecule has 0 unspecified atom stereocenters. The Balaban J connectivity index is 1.65. The molecule has 1 radical (unpaired) electrons. The summed E-state index contributed by atoms with van der Waals surface area (Å²) in [6.45, 7) is 6.82. The van der Waals surface area contributed by atoms with E-state index in [0.29, 0.717) is 0 Å². The standard InChI is InChI=1S/C26H21BrNS/c1-26(2,3)19-14-17-5-4-16-7-13-23(28-29-21-10-8-20(27)9-11-21)22-12-6-18(15-19)24(17)25(16)22/h4-15H,1-3H3. The van der Waals surface area contributed by atoms with E-state index in [2.05, 4.69) is 109 Å². The van der Waals surface area contributed by atoms with Crippen molar-refractivity contribution in [1.29, 1.82) is 0 Å². The molecule has 0 aromatic heterocycles. The average molecular weight is 459 g/mol. The predicted octanol–water partition coefficient (Wildman–Crippen LogP) is 8.59. The van der Waals surface area contributed by atoms with Gasteiger partial charge in [-0.25, -0.2) is 4.72 Å². The van der Waals surface area contributed by atoms with Crippen molar-refractivity contribution >= 4 is 65.9 Å². The van der Waals surface area contributed by atoms with Gasteiger partial charge in [-0.2, -0.15) is 0 Å². The topological polar surface area (TPSA) is 14.1 Å². The second kappa shape index (κ2) is 6.93. The van der Waals surface area contributed by atoms with Crippen LogP contribution in [-0.2, 0) is 5.41 Å². The fourth-order valence-electron chi connectivity index (χ4n) is 3.91. The third kappa shape index (κ3) is 3.37. The molecule has 29 heavy (non-hydrogen) atoms. The Kier molecular flexibility index (Phi) is 4.49. The molecule has 0 aliphatic rings. The van der Waals surface area contributed by atoms with Crippen molar-refractivity contribution in [2.24, 2.45) is 0 Å². The Labute approximate surface area is 184 Å². The summed E-state index contributed by atoms with van der Waals surface area (Å²) in [5.41, 5.74) is 2.53. The van der Waals surface area contributed by atoms with E-state index < -0.39 is 0 Å². The van der Waals surface area contributed by atoms with E-state index >= 15 is 0 Å². The summed E-state index contributed by atoms with van der Waals surface area (Å²) in [7, 11) is 0. The molecular weight excluding hydrogens is 438 g/mol. The molecule has 0 aliphatic heterocycles. The van der Waals surface area contributed by atoms with Crippen LogP contribution in [0.1, 0.15) is 26.3 Å². The van der Waals surface area contributed by atoms with Gasteiger partial charge in [-0.3, -0.25) is 0 Å². The molecule has 5 aromatic carbocycles. The molecule has 0 fully saturated rings. The lowest BCUT2D eigenvalue weighted by Gasteiger charge is -2.21. The third-order valence-corrected chi connectivity index (χ3v) is 6.80. The summed E-state index contributed by atoms with van der Waals surface area (Å²) >= 11 is 5.01. The lowest BCUT2D eigenvalue weighted by molar-refractivity contribution is 0.591. The van der Waals surface area contributed by atoms with Crippen LogP contribution in [0.5, 0.6) is 0 Å². The van der Waals surface area contributed by atoms with Crippen molar-refractivity contribution in [1.82, 2.24) is 4.72 Å². The van der Waals surface area contributed by atoms with Gasteiger partial charge >= 0.3 is 0 Å². The number of nitrogens with zero attached hydrogens (tertiary/aromatic N) is 1. The van der Waals surface area contributed by atoms with E-state index in [1.807, 2.05) is 0 Å². The Morgan fingerprint density at radius 1 is 0.724 bits per heavy atom. The maximum Gasteiger partial charge on any atom is 0.0796 e. The summed E-state index contributed by atoms with van der Waals surface area (Å²) in [5, 5.41) is 7.77. The van der Waals surface area contributed by atoms with Gasteiger partial charge in [0.2, 0.25) is 0 Å². The van der Waals surface area contributed by atoms with Crippen LogP contribution in [0, 0.1) is 0 Å². The highest BCUT2D eigenvalue weighted by Gasteiger charge is 2.18. The lowest BCUT2D eigenvalue weighted by atomic mass is 9.83. The average Bonchev–Trinajstić information content (AvgIpc) is 2.71. The Bertz CT molecular complexity index is 1310. The zero-order valence-corrected chi connectivity index (χ0v) is 19.1. The smallest absolute Gasteiger partial charge is 0.0796 e. The minimum Gasteiger partial charge on any atom is -0.211 e. The van der Waals surface area contributed by atoms with Gasteiger partial charge in [0.25, 0.3) is 0 Å². The lowest BCUT2D eigenvalue weighted by Crippen LogP contribution is -2.10. The van der Waals surface area contributed by atoms with Gasteiger partial charge in [-0.1, -0.05) is 79.2 Å². The minimum absolute atomic E-state index is 0.131. The summed E-state index contributed by atoms with van der Waals surface area (Å²) in [6, 6.07) is 26.3. The molecular formula is C26H21BrNS. The zero-order valence-electron chi connectivity index (χ0n) is 16.7. The second-order valence-electron chi connectivity index (χ2n) is 8.55. The Morgan fingerprint density at radius 2 is 1.34 bits per heavy atom. The van der Waals surface area contributed by atoms with Crippen molar-refractivity contribution in [3.8, 4) is 0 Å². The van der Waals surface area contributed by atoms with Crippen LogP contribution >= 0.6 is 27.9 Å². The van der Waals surface area contributed by atoms with Gasteiger partial charge in [0.15, 0.2) is 0 Å². The molecule has 0 atom stereocenters. The highest BCUT2D eigenvalue weighted by Crippen LogP contribution is 2.40. The zero-order chi connectivity index (χ0) is 20.2. The molecule has 1 nitrogen and oxygen atoms in total. The molecule has 143 valence electrons. The fourth-order valence-corrected chi connectivity index (χ4v) is 4.80. The van der Waals surface area contributed by atoms with Crippen LogP contribution in [-0.4, -0.2) is 0 Å². The summed E-state index contributed by atoms with van der Waals surface area (Å²) in [6.07, 6.45) is 0. The predicted molar refractivity (Wildman–Crippen MR) is 131 cm³/mol. The first-order valence-corrected chi connectivity index (χ1v) is 11.3. The number of halogens is 1. The van der Waals surface area contributed by atoms with Crippen LogP contribution < -0.4 is 4.72 Å². The van der Waals surface area contributed by atoms with Crippen molar-refractivity contribution in [3.63, 3.8) is 0 Å². The monoisotopic (exact) mass is 458 g/mol. The first kappa shape index (κ1) is 18.8. The van der Waals surface area contributed by atoms with Gasteiger partial charge in [-0.05, 0) is 68.2 Å². The maximum atomic E-state index is 4.87. The number of hydrogen-bond donors (Lipinski definition) is 0. The van der Waals surface area contributed by atoms with E-state index in [1.165, 1.54) is 49.8 Å². The molecule has 0 heterocycles. The maximum absolute atomic E-state index is 4.87. The third-order valence-electron chi connectivity index (χ3n) is 5.51. The van der Waals surface area contributed by atoms with E-state index in [-0.39, 0.29) is 5.41 Å². The molecule has 0 bridgehead atoms. The van der Waals surface area contributed by atoms with E-state index in [4.69, 9.17) is 4.72 Å². The first-order valence-electron chi connectivity index (χ1n) is 9.76. The molecule has 0 saturated carbocycles. The van der Waals surface area contributed by atoms with Gasteiger partial charge in [0.05, 0.1) is 5.69 Å². The largest absolute Gasteiger partial charge is 0.211 e. The van der Waals surface area contributed by atoms with Crippen LogP contribution in [0.3, 0.4) is 0 Å². The number of benzene rings is 5. The molecule has 0 spiro atoms. The van der Waals surface area contributed by atoms with Gasteiger partial charge in [0, 0.05) is 26.7 Å². The highest BCUT2D eigenvalue weighted by molar-refractivity contribution is 9.10. The first-order chi connectivity index (χ1) is 13.9. The summed E-state index contributed by atoms with van der Waals surface area (Å²) in [4.78, 5) is 1.13. The van der Waals surface area contributed by atoms with Gasteiger partial charge in [0.1, 0.15) is 0 Å². The van der Waals surface area contributed by atoms with Crippen molar-refractivity contribution in [2.45, 2.75) is 31.1 Å². The normalized spacial score (nSPS) is 12.3. The van der Waals surface area contributed by atoms with E-state index in [9.17, 15) is 0 Å². The Hall–Kier alpha value is -2.23. The molecule has 0 aliphatic carbocycles. The van der Waals surface area contributed by atoms with Crippen LogP contribution in [0.4, 0.5) is 5.69 Å². The number of rotatable bonds is 3. The van der Waals surface area contributed by atoms with Crippen molar-refractivity contribution in [3.05, 3.63) is 82.8 Å². The summed E-state index contributed by atoms with van der Waals surface area (Å²) in [5.74, 6) is 0. The van der Waals surface area contributed by atoms with Gasteiger partial charge < -0.3 is 0 Å². The van der Waals surface area contributed by atoms with Crippen LogP contribution in [0.2, 0.25) is 0 Å². The van der Waals surface area contributed by atoms with Crippen molar-refractivity contribution < 1.29 is 0 Å². The SMILES string of the molecule is CC(C)(C)c1cc2ccc3ccc([N]Sc4ccc(Br)cc4)c4ccc(c1)c2c34. The molecule has 0 N–H and O–H groups in total. The van der Waals surface area contributed by atoms with E-state index in [0.717, 1.165) is 15.1 Å². The molecule has 0 saturated heterocycles. The van der Waals surface area contributed by atoms with Crippen LogP contribution in [0.15, 0.2) is 82.2 Å². The van der Waals surface area contributed by atoms with E-state index in [1.54, 1.807) is 0 Å².